The topological polar surface area (TPSA) is 76.1 Å². The Labute approximate surface area is 147 Å². The van der Waals surface area contributed by atoms with Crippen LogP contribution < -0.4 is 0 Å². The van der Waals surface area contributed by atoms with E-state index < -0.39 is 18.2 Å². The van der Waals surface area contributed by atoms with Crippen LogP contribution >= 0.6 is 0 Å². The molecule has 2 atom stereocenters. The van der Waals surface area contributed by atoms with Crippen LogP contribution in [-0.2, 0) is 19.1 Å². The van der Waals surface area contributed by atoms with Crippen molar-refractivity contribution in [3.8, 4) is 0 Å². The second-order valence-corrected chi connectivity index (χ2v) is 6.71. The first-order valence-electron chi connectivity index (χ1n) is 8.96. The number of carboxylic acids is 1. The Morgan fingerprint density at radius 1 is 1.24 bits per heavy atom. The number of nitrogens with zero attached hydrogens (tertiary/aromatic N) is 1. The van der Waals surface area contributed by atoms with Crippen molar-refractivity contribution in [2.24, 2.45) is 0 Å². The molecule has 1 saturated heterocycles. The van der Waals surface area contributed by atoms with Gasteiger partial charge in [0.1, 0.15) is 0 Å². The van der Waals surface area contributed by atoms with Crippen LogP contribution in [0.3, 0.4) is 0 Å². The third-order valence-electron chi connectivity index (χ3n) is 4.81. The van der Waals surface area contributed by atoms with E-state index in [1.165, 1.54) is 0 Å². The van der Waals surface area contributed by atoms with E-state index in [1.807, 2.05) is 30.3 Å². The van der Waals surface area contributed by atoms with Crippen LogP contribution in [-0.4, -0.2) is 53.8 Å². The van der Waals surface area contributed by atoms with Crippen molar-refractivity contribution < 1.29 is 24.2 Å². The molecule has 1 aromatic carbocycles. The number of aliphatic carboxylic acids is 1. The highest BCUT2D eigenvalue weighted by Gasteiger charge is 2.33. The second-order valence-electron chi connectivity index (χ2n) is 6.71. The number of ether oxygens (including phenoxy) is 2. The second kappa shape index (κ2) is 8.45. The van der Waals surface area contributed by atoms with Gasteiger partial charge >= 0.3 is 5.97 Å². The van der Waals surface area contributed by atoms with Crippen LogP contribution in [0.1, 0.15) is 43.8 Å². The first-order valence-corrected chi connectivity index (χ1v) is 8.96. The number of benzene rings is 1. The van der Waals surface area contributed by atoms with E-state index in [9.17, 15) is 9.59 Å². The first-order chi connectivity index (χ1) is 12.1. The van der Waals surface area contributed by atoms with Crippen molar-refractivity contribution in [3.63, 3.8) is 0 Å². The Hall–Kier alpha value is -1.92. The maximum absolute atomic E-state index is 13.1. The molecule has 0 radical (unpaired) electrons. The quantitative estimate of drug-likeness (QED) is 0.855. The summed E-state index contributed by atoms with van der Waals surface area (Å²) in [7, 11) is 0. The maximum Gasteiger partial charge on any atom is 0.306 e. The molecule has 6 nitrogen and oxygen atoms in total. The lowest BCUT2D eigenvalue weighted by atomic mass is 10.1. The highest BCUT2D eigenvalue weighted by Crippen LogP contribution is 2.29. The Balaban J connectivity index is 1.72. The van der Waals surface area contributed by atoms with Crippen molar-refractivity contribution >= 4 is 11.9 Å². The van der Waals surface area contributed by atoms with Crippen LogP contribution in [0, 0.1) is 0 Å². The summed E-state index contributed by atoms with van der Waals surface area (Å²) in [6, 6.07) is 9.54. The minimum Gasteiger partial charge on any atom is -0.481 e. The van der Waals surface area contributed by atoms with Gasteiger partial charge in [0.25, 0.3) is 5.91 Å². The van der Waals surface area contributed by atoms with Crippen molar-refractivity contribution in [2.45, 2.75) is 50.4 Å². The van der Waals surface area contributed by atoms with Gasteiger partial charge < -0.3 is 19.5 Å². The lowest BCUT2D eigenvalue weighted by Gasteiger charge is -2.35. The van der Waals surface area contributed by atoms with Gasteiger partial charge in [0, 0.05) is 13.1 Å². The average Bonchev–Trinajstić information content (AvgIpc) is 3.13. The van der Waals surface area contributed by atoms with E-state index in [1.54, 1.807) is 4.90 Å². The highest BCUT2D eigenvalue weighted by molar-refractivity contribution is 5.82. The summed E-state index contributed by atoms with van der Waals surface area (Å²) in [6.45, 7) is 1.11. The van der Waals surface area contributed by atoms with Crippen LogP contribution in [0.25, 0.3) is 0 Å². The first kappa shape index (κ1) is 17.9. The molecule has 6 heteroatoms. The smallest absolute Gasteiger partial charge is 0.306 e. The van der Waals surface area contributed by atoms with Crippen molar-refractivity contribution in [1.82, 2.24) is 4.90 Å². The van der Waals surface area contributed by atoms with E-state index in [-0.39, 0.29) is 18.4 Å². The Morgan fingerprint density at radius 3 is 2.64 bits per heavy atom. The van der Waals surface area contributed by atoms with Crippen LogP contribution in [0.5, 0.6) is 0 Å². The van der Waals surface area contributed by atoms with Gasteiger partial charge in [-0.05, 0) is 18.4 Å². The Bertz CT molecular complexity index is 585. The number of carbonyl (C=O) groups is 2. The average molecular weight is 347 g/mol. The fourth-order valence-corrected chi connectivity index (χ4v) is 3.53. The molecule has 1 amide bonds. The lowest BCUT2D eigenvalue weighted by Crippen LogP contribution is -2.48. The molecule has 1 saturated carbocycles. The normalized spacial score (nSPS) is 22.7. The van der Waals surface area contributed by atoms with Gasteiger partial charge in [-0.15, -0.1) is 0 Å². The van der Waals surface area contributed by atoms with Gasteiger partial charge in [0.05, 0.1) is 25.2 Å². The largest absolute Gasteiger partial charge is 0.481 e. The summed E-state index contributed by atoms with van der Waals surface area (Å²) in [5, 5.41) is 8.96. The van der Waals surface area contributed by atoms with Gasteiger partial charge in [0.2, 0.25) is 0 Å². The van der Waals surface area contributed by atoms with Crippen molar-refractivity contribution in [2.75, 3.05) is 19.7 Å². The lowest BCUT2D eigenvalue weighted by molar-refractivity contribution is -0.158. The molecule has 0 bridgehead atoms. The zero-order valence-corrected chi connectivity index (χ0v) is 14.3. The number of amides is 1. The zero-order chi connectivity index (χ0) is 17.6. The number of morpholine rings is 1. The minimum atomic E-state index is -0.916. The van der Waals surface area contributed by atoms with E-state index in [4.69, 9.17) is 14.6 Å². The molecule has 2 fully saturated rings. The van der Waals surface area contributed by atoms with Gasteiger partial charge in [-0.1, -0.05) is 43.2 Å². The van der Waals surface area contributed by atoms with Crippen molar-refractivity contribution in [1.29, 1.82) is 0 Å². The van der Waals surface area contributed by atoms with Crippen LogP contribution in [0.4, 0.5) is 0 Å². The molecule has 3 rings (SSSR count). The number of carboxylic acid groups (broad SMARTS) is 1. The van der Waals surface area contributed by atoms with Crippen molar-refractivity contribution in [3.05, 3.63) is 35.9 Å². The summed E-state index contributed by atoms with van der Waals surface area (Å²) in [6.07, 6.45) is 3.18. The molecule has 136 valence electrons. The molecule has 1 heterocycles. The van der Waals surface area contributed by atoms with Gasteiger partial charge in [-0.2, -0.15) is 0 Å². The standard InChI is InChI=1S/C19H25NO5/c21-17(22)12-16-13-20(10-11-24-16)19(23)18(14-6-2-1-3-7-14)25-15-8-4-5-9-15/h1-3,6-7,15-16,18H,4-5,8-13H2,(H,21,22)/t16-,18-/m0/s1. The number of carbonyl (C=O) groups excluding carboxylic acids is 1. The third kappa shape index (κ3) is 4.80. The fourth-order valence-electron chi connectivity index (χ4n) is 3.53. The predicted molar refractivity (Wildman–Crippen MR) is 91.1 cm³/mol. The molecular weight excluding hydrogens is 322 g/mol. The summed E-state index contributed by atoms with van der Waals surface area (Å²) >= 11 is 0. The number of rotatable bonds is 6. The van der Waals surface area contributed by atoms with E-state index in [0.717, 1.165) is 31.2 Å². The molecule has 0 spiro atoms. The minimum absolute atomic E-state index is 0.0940. The summed E-state index contributed by atoms with van der Waals surface area (Å²) in [5.41, 5.74) is 0.848. The Morgan fingerprint density at radius 2 is 1.96 bits per heavy atom. The molecule has 25 heavy (non-hydrogen) atoms. The summed E-state index contributed by atoms with van der Waals surface area (Å²) < 4.78 is 11.7. The maximum atomic E-state index is 13.1. The molecule has 2 aliphatic rings. The predicted octanol–water partition coefficient (Wildman–Crippen LogP) is 2.39. The molecule has 0 aromatic heterocycles. The monoisotopic (exact) mass is 347 g/mol. The SMILES string of the molecule is O=C(O)C[C@H]1CN(C(=O)[C@@H](OC2CCCC2)c2ccccc2)CCO1. The van der Waals surface area contributed by atoms with Crippen LogP contribution in [0.2, 0.25) is 0 Å². The summed E-state index contributed by atoms with van der Waals surface area (Å²) in [5.74, 6) is -1.02. The molecule has 0 unspecified atom stereocenters. The molecule has 1 N–H and O–H groups in total. The fraction of sp³-hybridized carbons (Fsp3) is 0.579. The van der Waals surface area contributed by atoms with Gasteiger partial charge in [-0.25, -0.2) is 0 Å². The van der Waals surface area contributed by atoms with E-state index in [2.05, 4.69) is 0 Å². The summed E-state index contributed by atoms with van der Waals surface area (Å²) in [4.78, 5) is 25.7. The Kier molecular flexibility index (Phi) is 6.04. The van der Waals surface area contributed by atoms with Crippen LogP contribution in [0.15, 0.2) is 30.3 Å². The van der Waals surface area contributed by atoms with E-state index in [0.29, 0.717) is 19.7 Å². The van der Waals surface area contributed by atoms with Gasteiger partial charge in [0.15, 0.2) is 6.10 Å². The third-order valence-corrected chi connectivity index (χ3v) is 4.81. The highest BCUT2D eigenvalue weighted by atomic mass is 16.5. The molecule has 1 aliphatic carbocycles. The number of hydrogen-bond donors (Lipinski definition) is 1. The molecule has 1 aromatic rings. The van der Waals surface area contributed by atoms with Gasteiger partial charge in [-0.3, -0.25) is 9.59 Å². The molecule has 1 aliphatic heterocycles. The molecular formula is C19H25NO5. The zero-order valence-electron chi connectivity index (χ0n) is 14.3. The van der Waals surface area contributed by atoms with E-state index >= 15 is 0 Å². The number of hydrogen-bond acceptors (Lipinski definition) is 4.